The van der Waals surface area contributed by atoms with E-state index in [1.807, 2.05) is 11.8 Å². The predicted molar refractivity (Wildman–Crippen MR) is 70.8 cm³/mol. The van der Waals surface area contributed by atoms with Gasteiger partial charge in [0.1, 0.15) is 12.0 Å². The zero-order valence-electron chi connectivity index (χ0n) is 10.2. The molecule has 0 saturated carbocycles. The molecule has 1 N–H and O–H groups in total. The van der Waals surface area contributed by atoms with Crippen molar-refractivity contribution < 1.29 is 10.0 Å². The maximum atomic E-state index is 10.8. The summed E-state index contributed by atoms with van der Waals surface area (Å²) in [4.78, 5) is 16.3. The Labute approximate surface area is 113 Å². The van der Waals surface area contributed by atoms with Gasteiger partial charge in [-0.15, -0.1) is 0 Å². The van der Waals surface area contributed by atoms with Crippen molar-refractivity contribution in [2.45, 2.75) is 25.9 Å². The summed E-state index contributed by atoms with van der Waals surface area (Å²) >= 11 is 3.34. The first kappa shape index (κ1) is 13.2. The number of nitro groups is 1. The van der Waals surface area contributed by atoms with Crippen LogP contribution in [-0.4, -0.2) is 33.7 Å². The first-order valence-corrected chi connectivity index (χ1v) is 6.44. The van der Waals surface area contributed by atoms with Gasteiger partial charge in [0.15, 0.2) is 0 Å². The number of halogens is 1. The van der Waals surface area contributed by atoms with E-state index in [0.29, 0.717) is 35.4 Å². The van der Waals surface area contributed by atoms with Crippen LogP contribution in [0.5, 0.6) is 0 Å². The van der Waals surface area contributed by atoms with Gasteiger partial charge >= 0.3 is 0 Å². The Kier molecular flexibility index (Phi) is 3.29. The minimum Gasteiger partial charge on any atom is -0.386 e. The summed E-state index contributed by atoms with van der Waals surface area (Å²) in [7, 11) is 0. The second-order valence-electron chi connectivity index (χ2n) is 4.60. The lowest BCUT2D eigenvalue weighted by Gasteiger charge is -2.47. The molecule has 0 radical (unpaired) electrons. The molecule has 0 bridgehead atoms. The average Bonchev–Trinajstić information content (AvgIpc) is 2.28. The molecule has 6 nitrogen and oxygen atoms in total. The van der Waals surface area contributed by atoms with Crippen LogP contribution >= 0.6 is 15.9 Å². The summed E-state index contributed by atoms with van der Waals surface area (Å²) in [6.07, 6.45) is 1.95. The third-order valence-electron chi connectivity index (χ3n) is 3.34. The molecule has 0 amide bonds. The molecule has 0 spiro atoms. The van der Waals surface area contributed by atoms with Gasteiger partial charge in [0.25, 0.3) is 5.69 Å². The van der Waals surface area contributed by atoms with Crippen molar-refractivity contribution in [1.29, 1.82) is 0 Å². The molecule has 1 aliphatic rings. The normalized spacial score (nSPS) is 17.4. The number of anilines is 1. The van der Waals surface area contributed by atoms with E-state index in [1.54, 1.807) is 6.92 Å². The second kappa shape index (κ2) is 4.47. The standard InChI is InChI=1S/C11H14BrN3O3/c1-3-11(16)5-14(6-11)10-9(12)7(2)8(4-13-10)15(17)18/h4,16H,3,5-6H2,1-2H3. The number of nitrogens with zero attached hydrogens (tertiary/aromatic N) is 3. The van der Waals surface area contributed by atoms with Gasteiger partial charge in [0.05, 0.1) is 15.0 Å². The third kappa shape index (κ3) is 2.08. The largest absolute Gasteiger partial charge is 0.386 e. The molecule has 0 unspecified atom stereocenters. The van der Waals surface area contributed by atoms with Gasteiger partial charge in [-0.2, -0.15) is 0 Å². The van der Waals surface area contributed by atoms with Gasteiger partial charge in [-0.3, -0.25) is 10.1 Å². The van der Waals surface area contributed by atoms with Crippen molar-refractivity contribution in [3.8, 4) is 0 Å². The Hall–Kier alpha value is -1.21. The lowest BCUT2D eigenvalue weighted by Crippen LogP contribution is -2.62. The summed E-state index contributed by atoms with van der Waals surface area (Å²) in [5, 5.41) is 20.7. The maximum absolute atomic E-state index is 10.8. The SMILES string of the molecule is CCC1(O)CN(c2ncc([N+](=O)[O-])c(C)c2Br)C1. The molecule has 1 aromatic heterocycles. The van der Waals surface area contributed by atoms with Crippen molar-refractivity contribution in [2.75, 3.05) is 18.0 Å². The van der Waals surface area contributed by atoms with Gasteiger partial charge in [0, 0.05) is 18.7 Å². The van der Waals surface area contributed by atoms with Crippen molar-refractivity contribution >= 4 is 27.4 Å². The van der Waals surface area contributed by atoms with E-state index in [4.69, 9.17) is 0 Å². The molecule has 1 fully saturated rings. The highest BCUT2D eigenvalue weighted by atomic mass is 79.9. The van der Waals surface area contributed by atoms with E-state index in [9.17, 15) is 15.2 Å². The molecular formula is C11H14BrN3O3. The molecule has 7 heteroatoms. The van der Waals surface area contributed by atoms with Gasteiger partial charge in [-0.1, -0.05) is 6.92 Å². The molecule has 0 atom stereocenters. The summed E-state index contributed by atoms with van der Waals surface area (Å²) in [5.41, 5.74) is -0.106. The topological polar surface area (TPSA) is 79.5 Å². The van der Waals surface area contributed by atoms with Crippen LogP contribution in [0.4, 0.5) is 11.5 Å². The first-order chi connectivity index (χ1) is 8.38. The van der Waals surface area contributed by atoms with Crippen molar-refractivity contribution in [3.05, 3.63) is 26.3 Å². The van der Waals surface area contributed by atoms with E-state index in [-0.39, 0.29) is 5.69 Å². The van der Waals surface area contributed by atoms with Crippen molar-refractivity contribution in [3.63, 3.8) is 0 Å². The smallest absolute Gasteiger partial charge is 0.291 e. The Morgan fingerprint density at radius 3 is 2.78 bits per heavy atom. The highest BCUT2D eigenvalue weighted by Gasteiger charge is 2.41. The molecule has 1 aliphatic heterocycles. The van der Waals surface area contributed by atoms with Crippen LogP contribution in [0.15, 0.2) is 10.7 Å². The molecule has 2 heterocycles. The Morgan fingerprint density at radius 2 is 2.28 bits per heavy atom. The van der Waals surface area contributed by atoms with E-state index >= 15 is 0 Å². The second-order valence-corrected chi connectivity index (χ2v) is 5.39. The van der Waals surface area contributed by atoms with Crippen LogP contribution in [-0.2, 0) is 0 Å². The summed E-state index contributed by atoms with van der Waals surface area (Å²) in [5.74, 6) is 0.649. The fraction of sp³-hybridized carbons (Fsp3) is 0.545. The molecule has 18 heavy (non-hydrogen) atoms. The number of pyridine rings is 1. The monoisotopic (exact) mass is 315 g/mol. The van der Waals surface area contributed by atoms with Crippen LogP contribution < -0.4 is 4.90 Å². The van der Waals surface area contributed by atoms with E-state index in [1.165, 1.54) is 6.20 Å². The fourth-order valence-electron chi connectivity index (χ4n) is 2.00. The van der Waals surface area contributed by atoms with E-state index < -0.39 is 10.5 Å². The van der Waals surface area contributed by atoms with Gasteiger partial charge in [-0.05, 0) is 29.3 Å². The lowest BCUT2D eigenvalue weighted by molar-refractivity contribution is -0.385. The van der Waals surface area contributed by atoms with Crippen LogP contribution in [0.1, 0.15) is 18.9 Å². The maximum Gasteiger partial charge on any atom is 0.291 e. The van der Waals surface area contributed by atoms with Gasteiger partial charge in [-0.25, -0.2) is 4.98 Å². The average molecular weight is 316 g/mol. The minimum atomic E-state index is -0.656. The van der Waals surface area contributed by atoms with Gasteiger partial charge in [0.2, 0.25) is 0 Å². The predicted octanol–water partition coefficient (Wildman–Crippen LogP) is 2.02. The fourth-order valence-corrected chi connectivity index (χ4v) is 2.55. The van der Waals surface area contributed by atoms with Crippen LogP contribution in [0.2, 0.25) is 0 Å². The first-order valence-electron chi connectivity index (χ1n) is 5.65. The Bertz CT molecular complexity index is 501. The number of rotatable bonds is 3. The van der Waals surface area contributed by atoms with Gasteiger partial charge < -0.3 is 10.0 Å². The lowest BCUT2D eigenvalue weighted by atomic mass is 9.91. The van der Waals surface area contributed by atoms with Crippen LogP contribution in [0.25, 0.3) is 0 Å². The summed E-state index contributed by atoms with van der Waals surface area (Å²) in [6.45, 7) is 4.62. The zero-order chi connectivity index (χ0) is 13.5. The third-order valence-corrected chi connectivity index (χ3v) is 4.29. The number of hydrogen-bond donors (Lipinski definition) is 1. The highest BCUT2D eigenvalue weighted by Crippen LogP contribution is 2.37. The molecule has 1 aromatic rings. The molecule has 2 rings (SSSR count). The van der Waals surface area contributed by atoms with Crippen molar-refractivity contribution in [1.82, 2.24) is 4.98 Å². The Morgan fingerprint density at radius 1 is 1.67 bits per heavy atom. The van der Waals surface area contributed by atoms with E-state index in [2.05, 4.69) is 20.9 Å². The number of aliphatic hydroxyl groups is 1. The Balaban J connectivity index is 2.27. The number of β-amino-alcohol motifs (C(OH)–C–C–N with tert-alkyl or cyclic N) is 1. The molecule has 0 aliphatic carbocycles. The summed E-state index contributed by atoms with van der Waals surface area (Å²) < 4.78 is 0.620. The molecule has 0 aromatic carbocycles. The number of aromatic nitrogens is 1. The number of hydrogen-bond acceptors (Lipinski definition) is 5. The molecule has 98 valence electrons. The van der Waals surface area contributed by atoms with Crippen LogP contribution in [0.3, 0.4) is 0 Å². The minimum absolute atomic E-state index is 0.00287. The molecular weight excluding hydrogens is 302 g/mol. The summed E-state index contributed by atoms with van der Waals surface area (Å²) in [6, 6.07) is 0. The quantitative estimate of drug-likeness (QED) is 0.682. The zero-order valence-corrected chi connectivity index (χ0v) is 11.8. The van der Waals surface area contributed by atoms with Crippen LogP contribution in [0, 0.1) is 17.0 Å². The van der Waals surface area contributed by atoms with E-state index in [0.717, 1.165) is 0 Å². The molecule has 1 saturated heterocycles. The highest BCUT2D eigenvalue weighted by molar-refractivity contribution is 9.10. The van der Waals surface area contributed by atoms with Crippen molar-refractivity contribution in [2.24, 2.45) is 0 Å².